The number of nitrogens with zero attached hydrogens (tertiary/aromatic N) is 2. The Labute approximate surface area is 191 Å². The lowest BCUT2D eigenvalue weighted by molar-refractivity contribution is 0.0955. The first-order chi connectivity index (χ1) is 15.1. The number of sulfonamides is 1. The molecule has 3 rings (SSSR count). The predicted octanol–water partition coefficient (Wildman–Crippen LogP) is 4.60. The van der Waals surface area contributed by atoms with Gasteiger partial charge in [0, 0.05) is 10.6 Å². The van der Waals surface area contributed by atoms with Crippen LogP contribution in [-0.2, 0) is 16.6 Å². The highest BCUT2D eigenvalue weighted by Crippen LogP contribution is 2.24. The highest BCUT2D eigenvalue weighted by atomic mass is 35.5. The molecule has 0 heterocycles. The normalized spacial score (nSPS) is 11.8. The minimum absolute atomic E-state index is 0.0607. The minimum Gasteiger partial charge on any atom is -0.267 e. The molecular weight excluding hydrogens is 453 g/mol. The monoisotopic (exact) mass is 473 g/mol. The van der Waals surface area contributed by atoms with Gasteiger partial charge in [-0.2, -0.15) is 5.10 Å². The second-order valence-corrected chi connectivity index (χ2v) is 9.37. The van der Waals surface area contributed by atoms with Gasteiger partial charge in [0.2, 0.25) is 10.0 Å². The molecule has 1 amide bonds. The first kappa shape index (κ1) is 23.4. The summed E-state index contributed by atoms with van der Waals surface area (Å²) in [6.07, 6.45) is 1.11. The summed E-state index contributed by atoms with van der Waals surface area (Å²) in [5.74, 6) is -0.821. The van der Waals surface area contributed by atoms with Gasteiger partial charge in [0.15, 0.2) is 0 Å². The summed E-state index contributed by atoms with van der Waals surface area (Å²) in [5, 5.41) is 4.50. The van der Waals surface area contributed by atoms with E-state index in [0.717, 1.165) is 6.26 Å². The molecule has 3 aromatic carbocycles. The Morgan fingerprint density at radius 1 is 1.00 bits per heavy atom. The number of hydrogen-bond donors (Lipinski definition) is 1. The molecule has 0 radical (unpaired) electrons. The molecule has 0 atom stereocenters. The number of nitrogens with one attached hydrogen (secondary N) is 1. The van der Waals surface area contributed by atoms with Gasteiger partial charge in [-0.05, 0) is 60.5 Å². The third-order valence-corrected chi connectivity index (χ3v) is 6.19. The molecule has 3 aromatic rings. The SMILES string of the molecule is C/C(=N/NC(=O)c1ccc(N(Cc2ccccc2Cl)S(C)(=O)=O)cc1)c1ccc(F)cc1. The van der Waals surface area contributed by atoms with Gasteiger partial charge < -0.3 is 0 Å². The highest BCUT2D eigenvalue weighted by molar-refractivity contribution is 7.92. The third-order valence-electron chi connectivity index (χ3n) is 4.68. The van der Waals surface area contributed by atoms with E-state index in [2.05, 4.69) is 10.5 Å². The largest absolute Gasteiger partial charge is 0.271 e. The average molecular weight is 474 g/mol. The van der Waals surface area contributed by atoms with Crippen molar-refractivity contribution in [2.24, 2.45) is 5.10 Å². The van der Waals surface area contributed by atoms with E-state index in [9.17, 15) is 17.6 Å². The number of amides is 1. The lowest BCUT2D eigenvalue weighted by Gasteiger charge is -2.23. The van der Waals surface area contributed by atoms with Crippen molar-refractivity contribution < 1.29 is 17.6 Å². The second kappa shape index (κ2) is 9.93. The Hall–Kier alpha value is -3.23. The molecule has 9 heteroatoms. The van der Waals surface area contributed by atoms with E-state index in [0.29, 0.717) is 33.1 Å². The number of anilines is 1. The Bertz CT molecular complexity index is 1240. The van der Waals surface area contributed by atoms with Gasteiger partial charge in [0.25, 0.3) is 5.91 Å². The minimum atomic E-state index is -3.60. The fraction of sp³-hybridized carbons (Fsp3) is 0.130. The van der Waals surface area contributed by atoms with E-state index in [1.165, 1.54) is 28.6 Å². The van der Waals surface area contributed by atoms with Crippen LogP contribution in [0.3, 0.4) is 0 Å². The third kappa shape index (κ3) is 5.93. The summed E-state index contributed by atoms with van der Waals surface area (Å²) in [6.45, 7) is 1.75. The maximum atomic E-state index is 13.0. The van der Waals surface area contributed by atoms with E-state index in [4.69, 9.17) is 11.6 Å². The number of rotatable bonds is 7. The molecule has 0 aliphatic rings. The van der Waals surface area contributed by atoms with Gasteiger partial charge >= 0.3 is 0 Å². The summed E-state index contributed by atoms with van der Waals surface area (Å²) in [7, 11) is -3.60. The highest BCUT2D eigenvalue weighted by Gasteiger charge is 2.19. The fourth-order valence-corrected chi connectivity index (χ4v) is 3.99. The summed E-state index contributed by atoms with van der Waals surface area (Å²) < 4.78 is 39.0. The van der Waals surface area contributed by atoms with Crippen molar-refractivity contribution in [3.8, 4) is 0 Å². The molecule has 0 aromatic heterocycles. The van der Waals surface area contributed by atoms with Crippen LogP contribution in [0.4, 0.5) is 10.1 Å². The second-order valence-electron chi connectivity index (χ2n) is 7.05. The maximum Gasteiger partial charge on any atom is 0.271 e. The van der Waals surface area contributed by atoms with Crippen molar-refractivity contribution in [1.82, 2.24) is 5.43 Å². The van der Waals surface area contributed by atoms with E-state index >= 15 is 0 Å². The molecular formula is C23H21ClFN3O3S. The van der Waals surface area contributed by atoms with E-state index in [1.54, 1.807) is 55.5 Å². The topological polar surface area (TPSA) is 78.8 Å². The lowest BCUT2D eigenvalue weighted by atomic mass is 10.1. The van der Waals surface area contributed by atoms with Crippen LogP contribution in [-0.4, -0.2) is 26.3 Å². The average Bonchev–Trinajstić information content (AvgIpc) is 2.76. The number of halogens is 2. The van der Waals surface area contributed by atoms with Crippen molar-refractivity contribution in [2.75, 3.05) is 10.6 Å². The van der Waals surface area contributed by atoms with E-state index < -0.39 is 15.9 Å². The van der Waals surface area contributed by atoms with E-state index in [1.807, 2.05) is 0 Å². The number of hydrogen-bond acceptors (Lipinski definition) is 4. The quantitative estimate of drug-likeness (QED) is 0.402. The van der Waals surface area contributed by atoms with Crippen LogP contribution in [0.2, 0.25) is 5.02 Å². The number of carbonyl (C=O) groups is 1. The van der Waals surface area contributed by atoms with Gasteiger partial charge in [-0.3, -0.25) is 9.10 Å². The lowest BCUT2D eigenvalue weighted by Crippen LogP contribution is -2.29. The molecule has 0 saturated carbocycles. The Kier molecular flexibility index (Phi) is 7.27. The maximum absolute atomic E-state index is 13.0. The molecule has 0 aliphatic heterocycles. The van der Waals surface area contributed by atoms with Gasteiger partial charge in [0.05, 0.1) is 24.2 Å². The summed E-state index contributed by atoms with van der Waals surface area (Å²) >= 11 is 6.18. The summed E-state index contributed by atoms with van der Waals surface area (Å²) in [6, 6.07) is 18.9. The Balaban J connectivity index is 1.76. The van der Waals surface area contributed by atoms with Gasteiger partial charge in [0.1, 0.15) is 5.82 Å². The zero-order valence-corrected chi connectivity index (χ0v) is 19.0. The molecule has 6 nitrogen and oxygen atoms in total. The molecule has 166 valence electrons. The van der Waals surface area contributed by atoms with Crippen molar-refractivity contribution >= 4 is 38.9 Å². The number of benzene rings is 3. The molecule has 0 fully saturated rings. The van der Waals surface area contributed by atoms with Crippen LogP contribution in [0, 0.1) is 5.82 Å². The van der Waals surface area contributed by atoms with Crippen molar-refractivity contribution in [3.63, 3.8) is 0 Å². The first-order valence-electron chi connectivity index (χ1n) is 9.57. The van der Waals surface area contributed by atoms with Crippen LogP contribution in [0.5, 0.6) is 0 Å². The van der Waals surface area contributed by atoms with Crippen LogP contribution < -0.4 is 9.73 Å². The number of hydrazone groups is 1. The zero-order valence-electron chi connectivity index (χ0n) is 17.4. The van der Waals surface area contributed by atoms with Crippen LogP contribution in [0.25, 0.3) is 0 Å². The molecule has 0 unspecified atom stereocenters. The molecule has 0 saturated heterocycles. The molecule has 0 bridgehead atoms. The molecule has 0 spiro atoms. The van der Waals surface area contributed by atoms with Crippen LogP contribution in [0.15, 0.2) is 77.9 Å². The zero-order chi connectivity index (χ0) is 23.3. The van der Waals surface area contributed by atoms with Crippen molar-refractivity contribution in [1.29, 1.82) is 0 Å². The summed E-state index contributed by atoms with van der Waals surface area (Å²) in [5.41, 5.74) is 4.99. The van der Waals surface area contributed by atoms with Gasteiger partial charge in [-0.1, -0.05) is 41.9 Å². The molecule has 32 heavy (non-hydrogen) atoms. The molecule has 0 aliphatic carbocycles. The fourth-order valence-electron chi connectivity index (χ4n) is 2.92. The Morgan fingerprint density at radius 2 is 1.59 bits per heavy atom. The van der Waals surface area contributed by atoms with Crippen molar-refractivity contribution in [3.05, 3.63) is 100 Å². The van der Waals surface area contributed by atoms with Crippen LogP contribution in [0.1, 0.15) is 28.4 Å². The van der Waals surface area contributed by atoms with Crippen LogP contribution >= 0.6 is 11.6 Å². The smallest absolute Gasteiger partial charge is 0.267 e. The van der Waals surface area contributed by atoms with Gasteiger partial charge in [-0.25, -0.2) is 18.2 Å². The van der Waals surface area contributed by atoms with E-state index in [-0.39, 0.29) is 12.4 Å². The Morgan fingerprint density at radius 3 is 2.19 bits per heavy atom. The first-order valence-corrected chi connectivity index (χ1v) is 11.8. The molecule has 1 N–H and O–H groups in total. The number of carbonyl (C=O) groups excluding carboxylic acids is 1. The summed E-state index contributed by atoms with van der Waals surface area (Å²) in [4.78, 5) is 12.4. The van der Waals surface area contributed by atoms with Gasteiger partial charge in [-0.15, -0.1) is 0 Å². The standard InChI is InChI=1S/C23H21ClFN3O3S/c1-16(17-7-11-20(25)12-8-17)26-27-23(29)18-9-13-21(14-10-18)28(32(2,30)31)15-19-5-3-4-6-22(19)24/h3-14H,15H2,1-2H3,(H,27,29)/b26-16-. The predicted molar refractivity (Wildman–Crippen MR) is 125 cm³/mol. The van der Waals surface area contributed by atoms with Crippen molar-refractivity contribution in [2.45, 2.75) is 13.5 Å².